The number of thioether (sulfide) groups is 2. The number of aromatic amines is 1. The Bertz CT molecular complexity index is 1690. The highest BCUT2D eigenvalue weighted by atomic mass is 32.2. The third-order valence-corrected chi connectivity index (χ3v) is 7.91. The van der Waals surface area contributed by atoms with Crippen LogP contribution in [0.25, 0.3) is 32.5 Å². The fourth-order valence-corrected chi connectivity index (χ4v) is 5.62. The Morgan fingerprint density at radius 2 is 1.55 bits per heavy atom. The van der Waals surface area contributed by atoms with Crippen molar-refractivity contribution in [2.75, 3.05) is 17.8 Å². The van der Waals surface area contributed by atoms with Crippen molar-refractivity contribution in [2.45, 2.75) is 34.7 Å². The number of carbonyl (C=O) groups excluding carboxylic acids is 1. The molecule has 0 saturated heterocycles. The molecule has 1 aromatic carbocycles. The Balaban J connectivity index is 0.000000317. The molecular formula is C23H17F8N5O5S3. The molecule has 3 aromatic heterocycles. The van der Waals surface area contributed by atoms with E-state index in [1.165, 1.54) is 34.9 Å². The van der Waals surface area contributed by atoms with Crippen LogP contribution in [0.15, 0.2) is 28.1 Å². The third kappa shape index (κ3) is 8.05. The van der Waals surface area contributed by atoms with Crippen LogP contribution in [-0.4, -0.2) is 79.3 Å². The summed E-state index contributed by atoms with van der Waals surface area (Å²) in [5.74, 6) is -6.76. The summed E-state index contributed by atoms with van der Waals surface area (Å²) in [5.41, 5.74) is 2.51. The Morgan fingerprint density at radius 3 is 2.02 bits per heavy atom. The largest absolute Gasteiger partial charge is 0.490 e. The van der Waals surface area contributed by atoms with Crippen molar-refractivity contribution < 1.29 is 59.7 Å². The van der Waals surface area contributed by atoms with Gasteiger partial charge in [0.2, 0.25) is 5.91 Å². The molecule has 1 fully saturated rings. The maximum Gasteiger partial charge on any atom is 0.490 e. The lowest BCUT2D eigenvalue weighted by Gasteiger charge is -2.13. The van der Waals surface area contributed by atoms with E-state index in [9.17, 15) is 35.5 Å². The van der Waals surface area contributed by atoms with Gasteiger partial charge in [-0.1, -0.05) is 11.3 Å². The van der Waals surface area contributed by atoms with Crippen LogP contribution in [0, 0.1) is 11.7 Å². The van der Waals surface area contributed by atoms with Gasteiger partial charge in [0, 0.05) is 10.9 Å². The summed E-state index contributed by atoms with van der Waals surface area (Å²) >= 11 is 3.86. The van der Waals surface area contributed by atoms with Crippen molar-refractivity contribution in [2.24, 2.45) is 5.92 Å². The fraction of sp³-hybridized carbons (Fsp3) is 0.304. The molecule has 5 rings (SSSR count). The predicted octanol–water partition coefficient (Wildman–Crippen LogP) is 6.38. The van der Waals surface area contributed by atoms with E-state index in [1.807, 2.05) is 12.5 Å². The molecule has 1 saturated carbocycles. The molecule has 4 N–H and O–H groups in total. The van der Waals surface area contributed by atoms with Gasteiger partial charge in [0.15, 0.2) is 10.9 Å². The molecule has 2 atom stereocenters. The number of amides is 1. The molecular weight excluding hydrogens is 674 g/mol. The Hall–Kier alpha value is -3.72. The van der Waals surface area contributed by atoms with E-state index in [0.29, 0.717) is 42.0 Å². The second-order valence-corrected chi connectivity index (χ2v) is 11.0. The number of aromatic nitrogens is 4. The van der Waals surface area contributed by atoms with Gasteiger partial charge in [-0.2, -0.15) is 31.4 Å². The number of benzene rings is 1. The minimum Gasteiger partial charge on any atom is -0.475 e. The molecule has 10 nitrogen and oxygen atoms in total. The number of hydrogen-bond acceptors (Lipinski definition) is 9. The van der Waals surface area contributed by atoms with Gasteiger partial charge in [-0.25, -0.2) is 28.3 Å². The van der Waals surface area contributed by atoms with Crippen LogP contribution in [0.1, 0.15) is 6.42 Å². The van der Waals surface area contributed by atoms with Gasteiger partial charge in [-0.3, -0.25) is 9.89 Å². The first-order chi connectivity index (χ1) is 20.4. The van der Waals surface area contributed by atoms with Crippen LogP contribution >= 0.6 is 34.9 Å². The molecule has 0 aliphatic heterocycles. The summed E-state index contributed by atoms with van der Waals surface area (Å²) in [4.78, 5) is 40.5. The van der Waals surface area contributed by atoms with E-state index in [-0.39, 0.29) is 18.1 Å². The van der Waals surface area contributed by atoms with E-state index >= 15 is 4.39 Å². The molecule has 21 heteroatoms. The zero-order valence-corrected chi connectivity index (χ0v) is 24.3. The molecule has 4 aromatic rings. The van der Waals surface area contributed by atoms with Crippen molar-refractivity contribution in [1.82, 2.24) is 20.2 Å². The van der Waals surface area contributed by atoms with Gasteiger partial charge in [-0.15, -0.1) is 23.5 Å². The lowest BCUT2D eigenvalue weighted by molar-refractivity contribution is -0.193. The normalized spacial score (nSPS) is 16.0. The number of aliphatic carboxylic acids is 2. The maximum absolute atomic E-state index is 15.2. The van der Waals surface area contributed by atoms with Crippen LogP contribution in [0.5, 0.6) is 0 Å². The second-order valence-electron chi connectivity index (χ2n) is 8.41. The van der Waals surface area contributed by atoms with Crippen molar-refractivity contribution in [3.8, 4) is 11.3 Å². The average molecular weight is 692 g/mol. The van der Waals surface area contributed by atoms with Crippen LogP contribution < -0.4 is 5.32 Å². The zero-order valence-electron chi connectivity index (χ0n) is 21.8. The summed E-state index contributed by atoms with van der Waals surface area (Å²) in [6, 6.07) is 3.57. The van der Waals surface area contributed by atoms with Gasteiger partial charge in [0.05, 0.1) is 33.1 Å². The number of carboxylic acid groups (broad SMARTS) is 2. The first-order valence-electron chi connectivity index (χ1n) is 11.5. The Labute approximate surface area is 252 Å². The Morgan fingerprint density at radius 1 is 1.00 bits per heavy atom. The summed E-state index contributed by atoms with van der Waals surface area (Å²) in [6.07, 6.45) is -5.64. The molecule has 0 unspecified atom stereocenters. The smallest absolute Gasteiger partial charge is 0.475 e. The van der Waals surface area contributed by atoms with Gasteiger partial charge >= 0.3 is 24.3 Å². The van der Waals surface area contributed by atoms with E-state index in [0.717, 1.165) is 5.39 Å². The summed E-state index contributed by atoms with van der Waals surface area (Å²) in [5, 5.41) is 25.1. The molecule has 0 spiro atoms. The van der Waals surface area contributed by atoms with Crippen molar-refractivity contribution in [3.63, 3.8) is 0 Å². The van der Waals surface area contributed by atoms with Crippen molar-refractivity contribution in [3.05, 3.63) is 24.1 Å². The Kier molecular flexibility index (Phi) is 10.7. The highest BCUT2D eigenvalue weighted by molar-refractivity contribution is 7.99. The lowest BCUT2D eigenvalue weighted by atomic mass is 10.1. The number of alkyl halides is 7. The minimum atomic E-state index is -5.08. The minimum absolute atomic E-state index is 0.259. The monoisotopic (exact) mass is 691 g/mol. The van der Waals surface area contributed by atoms with E-state index in [4.69, 9.17) is 19.8 Å². The topological polar surface area (TPSA) is 158 Å². The first kappa shape index (κ1) is 34.8. The number of pyridine rings is 1. The number of nitrogens with one attached hydrogen (secondary N) is 2. The van der Waals surface area contributed by atoms with Gasteiger partial charge in [-0.05, 0) is 31.1 Å². The number of carbonyl (C=O) groups is 3. The number of fused-ring (bicyclic) bond motifs is 2. The second kappa shape index (κ2) is 13.5. The average Bonchev–Trinajstić information content (AvgIpc) is 3.28. The number of thiazole rings is 1. The molecule has 1 amide bonds. The van der Waals surface area contributed by atoms with Crippen molar-refractivity contribution >= 4 is 79.1 Å². The molecule has 0 bridgehead atoms. The number of carboxylic acids is 2. The number of hydrogen-bond donors (Lipinski definition) is 4. The molecule has 0 radical (unpaired) electrons. The zero-order chi connectivity index (χ0) is 33.1. The SMILES string of the molecule is CSc1c(F)c(SC)c2[nH]ncc2c1-c1ccc2nc(NC(=O)[C@@H]3C[C@@H]3F)sc2n1.O=C(O)C(F)(F)F.O=C(O)C(F)(F)F. The molecule has 44 heavy (non-hydrogen) atoms. The van der Waals surface area contributed by atoms with Crippen LogP contribution in [0.4, 0.5) is 40.3 Å². The van der Waals surface area contributed by atoms with E-state index in [2.05, 4.69) is 25.5 Å². The van der Waals surface area contributed by atoms with Gasteiger partial charge in [0.25, 0.3) is 0 Å². The predicted molar refractivity (Wildman–Crippen MR) is 145 cm³/mol. The molecule has 238 valence electrons. The highest BCUT2D eigenvalue weighted by Crippen LogP contribution is 2.43. The van der Waals surface area contributed by atoms with Crippen molar-refractivity contribution in [1.29, 1.82) is 0 Å². The van der Waals surface area contributed by atoms with Crippen LogP contribution in [0.3, 0.4) is 0 Å². The molecule has 3 heterocycles. The summed E-state index contributed by atoms with van der Waals surface area (Å²) < 4.78 is 91.8. The number of anilines is 1. The summed E-state index contributed by atoms with van der Waals surface area (Å²) in [6.45, 7) is 0. The van der Waals surface area contributed by atoms with Gasteiger partial charge < -0.3 is 15.5 Å². The number of halogens is 8. The quantitative estimate of drug-likeness (QED) is 0.137. The van der Waals surface area contributed by atoms with E-state index in [1.54, 1.807) is 18.3 Å². The first-order valence-corrected chi connectivity index (χ1v) is 14.8. The number of nitrogens with zero attached hydrogens (tertiary/aromatic N) is 3. The highest BCUT2D eigenvalue weighted by Gasteiger charge is 2.44. The fourth-order valence-electron chi connectivity index (χ4n) is 3.37. The molecule has 1 aliphatic rings. The van der Waals surface area contributed by atoms with E-state index < -0.39 is 36.4 Å². The van der Waals surface area contributed by atoms with Crippen LogP contribution in [-0.2, 0) is 14.4 Å². The molecule has 1 aliphatic carbocycles. The third-order valence-electron chi connectivity index (χ3n) is 5.45. The van der Waals surface area contributed by atoms with Gasteiger partial charge in [0.1, 0.15) is 16.5 Å². The summed E-state index contributed by atoms with van der Waals surface area (Å²) in [7, 11) is 0. The number of H-pyrrole nitrogens is 1. The lowest BCUT2D eigenvalue weighted by Crippen LogP contribution is -2.21. The maximum atomic E-state index is 15.2. The standard InChI is InChI=1S/C19H15F2N5OS3.2C2HF3O2/c1-28-15-12(8-6-22-26-14(8)16(29-2)13(15)21)10-3-4-11-18(23-10)30-19(24-11)25-17(27)7-5-9(7)20;2*3-2(4,5)1(6)7/h3-4,6-7,9H,5H2,1-2H3,(H,22,26)(H,24,25,27);2*(H,6,7)/t7-,9+;;/m1../s1. The number of rotatable bonds is 5. The van der Waals surface area contributed by atoms with Crippen LogP contribution in [0.2, 0.25) is 0 Å².